The van der Waals surface area contributed by atoms with Crippen molar-refractivity contribution >= 4 is 11.6 Å². The molecule has 2 aromatic rings. The number of benzene rings is 2. The number of alkyl halides is 3. The van der Waals surface area contributed by atoms with Gasteiger partial charge in [-0.1, -0.05) is 18.2 Å². The van der Waals surface area contributed by atoms with Gasteiger partial charge in [-0.25, -0.2) is 8.78 Å². The van der Waals surface area contributed by atoms with E-state index in [1.165, 1.54) is 32.0 Å². The molecule has 0 aliphatic rings. The van der Waals surface area contributed by atoms with Crippen molar-refractivity contribution in [2.45, 2.75) is 25.4 Å². The first kappa shape index (κ1) is 17.9. The van der Waals surface area contributed by atoms with E-state index in [-0.39, 0.29) is 11.3 Å². The van der Waals surface area contributed by atoms with Gasteiger partial charge >= 0.3 is 6.18 Å². The second-order valence-corrected chi connectivity index (χ2v) is 5.75. The summed E-state index contributed by atoms with van der Waals surface area (Å²) in [5, 5.41) is 2.28. The van der Waals surface area contributed by atoms with Crippen LogP contribution in [0.5, 0.6) is 0 Å². The molecule has 0 saturated carbocycles. The number of amides is 1. The predicted molar refractivity (Wildman–Crippen MR) is 79.5 cm³/mol. The van der Waals surface area contributed by atoms with Crippen molar-refractivity contribution in [1.82, 2.24) is 0 Å². The highest BCUT2D eigenvalue weighted by molar-refractivity contribution is 5.98. The van der Waals surface area contributed by atoms with Gasteiger partial charge < -0.3 is 5.32 Å². The lowest BCUT2D eigenvalue weighted by atomic mass is 9.83. The highest BCUT2D eigenvalue weighted by atomic mass is 19.4. The Morgan fingerprint density at radius 1 is 0.917 bits per heavy atom. The van der Waals surface area contributed by atoms with E-state index in [0.717, 1.165) is 6.07 Å². The summed E-state index contributed by atoms with van der Waals surface area (Å²) in [6, 6.07) is 7.75. The Labute approximate surface area is 135 Å². The minimum absolute atomic E-state index is 0.0978. The van der Waals surface area contributed by atoms with Gasteiger partial charge in [0.1, 0.15) is 11.6 Å². The van der Waals surface area contributed by atoms with Crippen molar-refractivity contribution in [1.29, 1.82) is 0 Å². The van der Waals surface area contributed by atoms with Gasteiger partial charge in [-0.3, -0.25) is 4.79 Å². The average molecular weight is 343 g/mol. The quantitative estimate of drug-likeness (QED) is 0.789. The van der Waals surface area contributed by atoms with Crippen LogP contribution in [0.4, 0.5) is 27.6 Å². The molecule has 2 rings (SSSR count). The van der Waals surface area contributed by atoms with Crippen molar-refractivity contribution in [2.24, 2.45) is 0 Å². The van der Waals surface area contributed by atoms with Crippen molar-refractivity contribution in [3.8, 4) is 0 Å². The lowest BCUT2D eigenvalue weighted by molar-refractivity contribution is -0.140. The van der Waals surface area contributed by atoms with Crippen LogP contribution in [0.15, 0.2) is 42.5 Å². The molecule has 0 aliphatic heterocycles. The molecule has 0 heterocycles. The number of halogens is 5. The standard InChI is InChI=1S/C17H14F5NO/c1-16(2,11-5-3-4-6-13(11)18)15(24)23-10-7-8-14(19)12(9-10)17(20,21)22/h3-9H,1-2H3,(H,23,24). The SMILES string of the molecule is CC(C)(C(=O)Nc1ccc(F)c(C(F)(F)F)c1)c1ccccc1F. The van der Waals surface area contributed by atoms with Gasteiger partial charge in [0.2, 0.25) is 5.91 Å². The first-order valence-electron chi connectivity index (χ1n) is 6.96. The maximum Gasteiger partial charge on any atom is 0.419 e. The molecule has 1 N–H and O–H groups in total. The fourth-order valence-corrected chi connectivity index (χ4v) is 2.20. The van der Waals surface area contributed by atoms with Gasteiger partial charge in [0.25, 0.3) is 0 Å². The molecule has 0 aliphatic carbocycles. The van der Waals surface area contributed by atoms with Crippen LogP contribution in [0.25, 0.3) is 0 Å². The Morgan fingerprint density at radius 2 is 1.50 bits per heavy atom. The number of rotatable bonds is 3. The third-order valence-corrected chi connectivity index (χ3v) is 3.64. The summed E-state index contributed by atoms with van der Waals surface area (Å²) in [4.78, 5) is 12.4. The number of anilines is 1. The molecular weight excluding hydrogens is 329 g/mol. The van der Waals surface area contributed by atoms with Crippen LogP contribution < -0.4 is 5.32 Å². The van der Waals surface area contributed by atoms with E-state index < -0.39 is 34.7 Å². The first-order valence-corrected chi connectivity index (χ1v) is 6.96. The molecule has 7 heteroatoms. The molecule has 0 saturated heterocycles. The lowest BCUT2D eigenvalue weighted by Gasteiger charge is -2.25. The summed E-state index contributed by atoms with van der Waals surface area (Å²) in [7, 11) is 0. The lowest BCUT2D eigenvalue weighted by Crippen LogP contribution is -2.35. The van der Waals surface area contributed by atoms with Crippen LogP contribution in [-0.4, -0.2) is 5.91 Å². The molecule has 0 spiro atoms. The van der Waals surface area contributed by atoms with Crippen LogP contribution in [-0.2, 0) is 16.4 Å². The summed E-state index contributed by atoms with van der Waals surface area (Å²) < 4.78 is 65.3. The molecule has 0 aromatic heterocycles. The average Bonchev–Trinajstić information content (AvgIpc) is 2.48. The molecule has 0 bridgehead atoms. The molecule has 2 aromatic carbocycles. The molecule has 24 heavy (non-hydrogen) atoms. The molecular formula is C17H14F5NO. The summed E-state index contributed by atoms with van der Waals surface area (Å²) in [5.74, 6) is -2.76. The second-order valence-electron chi connectivity index (χ2n) is 5.75. The summed E-state index contributed by atoms with van der Waals surface area (Å²) >= 11 is 0. The largest absolute Gasteiger partial charge is 0.419 e. The van der Waals surface area contributed by atoms with Gasteiger partial charge in [0.05, 0.1) is 11.0 Å². The van der Waals surface area contributed by atoms with E-state index in [1.54, 1.807) is 6.07 Å². The maximum absolute atomic E-state index is 13.9. The Morgan fingerprint density at radius 3 is 2.08 bits per heavy atom. The normalized spacial score (nSPS) is 12.1. The number of hydrogen-bond donors (Lipinski definition) is 1. The number of hydrogen-bond acceptors (Lipinski definition) is 1. The molecule has 1 amide bonds. The van der Waals surface area contributed by atoms with Crippen LogP contribution in [0.3, 0.4) is 0 Å². The highest BCUT2D eigenvalue weighted by Crippen LogP contribution is 2.34. The zero-order valence-electron chi connectivity index (χ0n) is 12.8. The Hall–Kier alpha value is -2.44. The minimum Gasteiger partial charge on any atom is -0.325 e. The first-order chi connectivity index (χ1) is 11.0. The summed E-state index contributed by atoms with van der Waals surface area (Å²) in [6.07, 6.45) is -4.88. The van der Waals surface area contributed by atoms with Crippen molar-refractivity contribution < 1.29 is 26.7 Å². The fourth-order valence-electron chi connectivity index (χ4n) is 2.20. The topological polar surface area (TPSA) is 29.1 Å². The molecule has 2 nitrogen and oxygen atoms in total. The molecule has 0 radical (unpaired) electrons. The fraction of sp³-hybridized carbons (Fsp3) is 0.235. The van der Waals surface area contributed by atoms with E-state index in [9.17, 15) is 26.7 Å². The zero-order valence-corrected chi connectivity index (χ0v) is 12.8. The summed E-state index contributed by atoms with van der Waals surface area (Å²) in [5.41, 5.74) is -2.94. The molecule has 0 fully saturated rings. The second kappa shape index (κ2) is 6.22. The van der Waals surface area contributed by atoms with Crippen molar-refractivity contribution in [3.05, 3.63) is 65.2 Å². The maximum atomic E-state index is 13.9. The van der Waals surface area contributed by atoms with Gasteiger partial charge in [-0.2, -0.15) is 13.2 Å². The van der Waals surface area contributed by atoms with E-state index in [0.29, 0.717) is 12.1 Å². The van der Waals surface area contributed by atoms with E-state index in [1.807, 2.05) is 0 Å². The Kier molecular flexibility index (Phi) is 4.64. The Balaban J connectivity index is 2.31. The van der Waals surface area contributed by atoms with Crippen molar-refractivity contribution in [3.63, 3.8) is 0 Å². The zero-order chi connectivity index (χ0) is 18.1. The molecule has 0 unspecified atom stereocenters. The third kappa shape index (κ3) is 3.55. The van der Waals surface area contributed by atoms with E-state index in [2.05, 4.69) is 5.32 Å². The van der Waals surface area contributed by atoms with E-state index >= 15 is 0 Å². The van der Waals surface area contributed by atoms with Gasteiger partial charge in [-0.05, 0) is 38.1 Å². The van der Waals surface area contributed by atoms with Crippen LogP contribution in [0.2, 0.25) is 0 Å². The van der Waals surface area contributed by atoms with E-state index in [4.69, 9.17) is 0 Å². The smallest absolute Gasteiger partial charge is 0.325 e. The summed E-state index contributed by atoms with van der Waals surface area (Å²) in [6.45, 7) is 2.88. The monoisotopic (exact) mass is 343 g/mol. The number of nitrogens with one attached hydrogen (secondary N) is 1. The minimum atomic E-state index is -4.88. The molecule has 0 atom stereocenters. The molecule has 128 valence electrons. The van der Waals surface area contributed by atoms with Crippen LogP contribution in [0, 0.1) is 11.6 Å². The van der Waals surface area contributed by atoms with Gasteiger partial charge in [0.15, 0.2) is 0 Å². The number of carbonyl (C=O) groups excluding carboxylic acids is 1. The van der Waals surface area contributed by atoms with Gasteiger partial charge in [0, 0.05) is 11.3 Å². The third-order valence-electron chi connectivity index (χ3n) is 3.64. The Bertz CT molecular complexity index is 768. The predicted octanol–water partition coefficient (Wildman–Crippen LogP) is 4.90. The van der Waals surface area contributed by atoms with Crippen LogP contribution in [0.1, 0.15) is 25.0 Å². The van der Waals surface area contributed by atoms with Crippen LogP contribution >= 0.6 is 0 Å². The van der Waals surface area contributed by atoms with Crippen molar-refractivity contribution in [2.75, 3.05) is 5.32 Å². The number of carbonyl (C=O) groups is 1. The highest BCUT2D eigenvalue weighted by Gasteiger charge is 2.35. The van der Waals surface area contributed by atoms with Gasteiger partial charge in [-0.15, -0.1) is 0 Å².